The van der Waals surface area contributed by atoms with Crippen molar-refractivity contribution in [1.82, 2.24) is 24.2 Å². The molecule has 1 aliphatic heterocycles. The third-order valence-electron chi connectivity index (χ3n) is 6.39. The molecule has 0 aliphatic carbocycles. The van der Waals surface area contributed by atoms with E-state index < -0.39 is 24.3 Å². The van der Waals surface area contributed by atoms with E-state index in [1.165, 1.54) is 5.56 Å². The molecule has 0 unspecified atom stereocenters. The molecule has 45 heavy (non-hydrogen) atoms. The molecule has 242 valence electrons. The minimum Gasteiger partial charge on any atom is -0.475 e. The normalized spacial score (nSPS) is 13.8. The lowest BCUT2D eigenvalue weighted by Gasteiger charge is -2.26. The van der Waals surface area contributed by atoms with Crippen LogP contribution in [0.1, 0.15) is 11.4 Å². The molecule has 1 aliphatic rings. The van der Waals surface area contributed by atoms with Crippen LogP contribution in [0.2, 0.25) is 0 Å². The summed E-state index contributed by atoms with van der Waals surface area (Å²) in [6.07, 6.45) is -6.33. The molecule has 3 heterocycles. The Labute approximate surface area is 250 Å². The summed E-state index contributed by atoms with van der Waals surface area (Å²) >= 11 is 0. The van der Waals surface area contributed by atoms with E-state index in [1.54, 1.807) is 11.6 Å². The molecular formula is C28H27F6N5O6. The number of aryl methyl sites for hydroxylation is 1. The van der Waals surface area contributed by atoms with E-state index in [0.29, 0.717) is 16.7 Å². The number of ether oxygens (including phenoxy) is 1. The summed E-state index contributed by atoms with van der Waals surface area (Å²) in [5.41, 5.74) is 4.87. The van der Waals surface area contributed by atoms with E-state index in [0.717, 1.165) is 49.7 Å². The lowest BCUT2D eigenvalue weighted by Crippen LogP contribution is -2.35. The summed E-state index contributed by atoms with van der Waals surface area (Å²) < 4.78 is 72.4. The predicted molar refractivity (Wildman–Crippen MR) is 148 cm³/mol. The van der Waals surface area contributed by atoms with Crippen molar-refractivity contribution in [2.75, 3.05) is 26.3 Å². The first-order valence-corrected chi connectivity index (χ1v) is 13.0. The van der Waals surface area contributed by atoms with Crippen molar-refractivity contribution in [2.24, 2.45) is 7.05 Å². The standard InChI is InChI=1S/C24H25N5O2.2C2HF3O2/c1-17-26-23-7-6-19(13-22(23)24(30)27(17)2)20-14-25-29(16-20)21-5-3-4-18(12-21)15-28-8-10-31-11-9-28;2*3-2(4,5)1(6)7/h3-7,12-14,16H,8-11,15H2,1-2H3;2*(H,6,7). The smallest absolute Gasteiger partial charge is 0.475 e. The average molecular weight is 644 g/mol. The van der Waals surface area contributed by atoms with Crippen molar-refractivity contribution < 1.29 is 50.9 Å². The molecule has 2 N–H and O–H groups in total. The van der Waals surface area contributed by atoms with Gasteiger partial charge >= 0.3 is 24.3 Å². The SMILES string of the molecule is Cc1nc2ccc(-c3cnn(-c4cccc(CN5CCOCC5)c4)c3)cc2c(=O)n1C.O=C(O)C(F)(F)F.O=C(O)C(F)(F)F. The van der Waals surface area contributed by atoms with Crippen molar-refractivity contribution in [3.8, 4) is 16.8 Å². The number of aliphatic carboxylic acids is 2. The second-order valence-corrected chi connectivity index (χ2v) is 9.59. The van der Waals surface area contributed by atoms with Gasteiger partial charge in [0.25, 0.3) is 5.56 Å². The van der Waals surface area contributed by atoms with Gasteiger partial charge < -0.3 is 14.9 Å². The van der Waals surface area contributed by atoms with E-state index >= 15 is 0 Å². The van der Waals surface area contributed by atoms with E-state index in [-0.39, 0.29) is 5.56 Å². The molecule has 1 saturated heterocycles. The Morgan fingerprint density at radius 2 is 1.53 bits per heavy atom. The Morgan fingerprint density at radius 3 is 2.11 bits per heavy atom. The average Bonchev–Trinajstić information content (AvgIpc) is 3.47. The van der Waals surface area contributed by atoms with E-state index in [4.69, 9.17) is 24.5 Å². The maximum atomic E-state index is 12.7. The highest BCUT2D eigenvalue weighted by atomic mass is 19.4. The number of alkyl halides is 6. The number of carboxylic acid groups (broad SMARTS) is 2. The molecule has 4 aromatic rings. The first-order valence-electron chi connectivity index (χ1n) is 13.0. The van der Waals surface area contributed by atoms with Gasteiger partial charge in [0.1, 0.15) is 5.82 Å². The summed E-state index contributed by atoms with van der Waals surface area (Å²) in [5.74, 6) is -4.81. The maximum Gasteiger partial charge on any atom is 0.490 e. The largest absolute Gasteiger partial charge is 0.490 e. The van der Waals surface area contributed by atoms with E-state index in [2.05, 4.69) is 39.2 Å². The number of halogens is 6. The monoisotopic (exact) mass is 643 g/mol. The number of rotatable bonds is 4. The molecule has 5 rings (SSSR count). The molecular weight excluding hydrogens is 616 g/mol. The zero-order valence-electron chi connectivity index (χ0n) is 23.8. The Balaban J connectivity index is 0.000000331. The zero-order valence-corrected chi connectivity index (χ0v) is 23.8. The lowest BCUT2D eigenvalue weighted by atomic mass is 10.1. The van der Waals surface area contributed by atoms with Crippen LogP contribution in [0.3, 0.4) is 0 Å². The summed E-state index contributed by atoms with van der Waals surface area (Å²) in [7, 11) is 1.75. The first-order chi connectivity index (χ1) is 21.0. The topological polar surface area (TPSA) is 140 Å². The number of hydrogen-bond acceptors (Lipinski definition) is 7. The minimum atomic E-state index is -5.08. The quantitative estimate of drug-likeness (QED) is 0.314. The highest BCUT2D eigenvalue weighted by molar-refractivity contribution is 5.83. The van der Waals surface area contributed by atoms with Gasteiger partial charge in [-0.3, -0.25) is 14.3 Å². The number of aromatic nitrogens is 4. The molecule has 0 radical (unpaired) electrons. The van der Waals surface area contributed by atoms with Crippen LogP contribution in [-0.4, -0.2) is 85.0 Å². The molecule has 0 atom stereocenters. The fraction of sp³-hybridized carbons (Fsp3) is 0.321. The van der Waals surface area contributed by atoms with Crippen LogP contribution >= 0.6 is 0 Å². The van der Waals surface area contributed by atoms with Crippen molar-refractivity contribution >= 4 is 22.8 Å². The number of carbonyl (C=O) groups is 2. The van der Waals surface area contributed by atoms with Gasteiger partial charge in [-0.1, -0.05) is 18.2 Å². The Hall–Kier alpha value is -4.77. The molecule has 0 saturated carbocycles. The van der Waals surface area contributed by atoms with Gasteiger partial charge in [-0.15, -0.1) is 0 Å². The molecule has 0 amide bonds. The number of morpholine rings is 1. The molecule has 11 nitrogen and oxygen atoms in total. The van der Waals surface area contributed by atoms with Gasteiger partial charge in [-0.05, 0) is 42.3 Å². The second-order valence-electron chi connectivity index (χ2n) is 9.59. The Bertz CT molecular complexity index is 1690. The van der Waals surface area contributed by atoms with Gasteiger partial charge in [0, 0.05) is 38.4 Å². The molecule has 1 fully saturated rings. The lowest BCUT2D eigenvalue weighted by molar-refractivity contribution is -0.193. The summed E-state index contributed by atoms with van der Waals surface area (Å²) in [6.45, 7) is 6.27. The van der Waals surface area contributed by atoms with Crippen molar-refractivity contribution in [2.45, 2.75) is 25.8 Å². The summed E-state index contributed by atoms with van der Waals surface area (Å²) in [4.78, 5) is 37.4. The molecule has 2 aromatic heterocycles. The summed E-state index contributed by atoms with van der Waals surface area (Å²) in [5, 5.41) is 19.4. The fourth-order valence-corrected chi connectivity index (χ4v) is 3.99. The molecule has 17 heteroatoms. The van der Waals surface area contributed by atoms with Gasteiger partial charge in [-0.2, -0.15) is 31.4 Å². The van der Waals surface area contributed by atoms with Crippen LogP contribution < -0.4 is 5.56 Å². The van der Waals surface area contributed by atoms with Crippen LogP contribution in [0, 0.1) is 6.92 Å². The van der Waals surface area contributed by atoms with E-state index in [1.807, 2.05) is 42.2 Å². The maximum absolute atomic E-state index is 12.7. The molecule has 2 aromatic carbocycles. The number of fused-ring (bicyclic) bond motifs is 1. The van der Waals surface area contributed by atoms with Crippen molar-refractivity contribution in [3.05, 3.63) is 76.6 Å². The molecule has 0 bridgehead atoms. The van der Waals surface area contributed by atoms with Gasteiger partial charge in [0.05, 0.1) is 36.0 Å². The van der Waals surface area contributed by atoms with Crippen LogP contribution in [0.15, 0.2) is 59.7 Å². The van der Waals surface area contributed by atoms with Crippen LogP contribution in [0.25, 0.3) is 27.7 Å². The van der Waals surface area contributed by atoms with E-state index in [9.17, 15) is 31.1 Å². The van der Waals surface area contributed by atoms with Crippen molar-refractivity contribution in [3.63, 3.8) is 0 Å². The molecule has 0 spiro atoms. The van der Waals surface area contributed by atoms with Gasteiger partial charge in [-0.25, -0.2) is 19.3 Å². The Kier molecular flexibility index (Phi) is 11.1. The zero-order chi connectivity index (χ0) is 33.5. The first kappa shape index (κ1) is 34.7. The number of benzene rings is 2. The van der Waals surface area contributed by atoms with Crippen LogP contribution in [-0.2, 0) is 27.9 Å². The Morgan fingerprint density at radius 1 is 0.933 bits per heavy atom. The third-order valence-corrected chi connectivity index (χ3v) is 6.39. The number of carboxylic acids is 2. The fourth-order valence-electron chi connectivity index (χ4n) is 3.99. The predicted octanol–water partition coefficient (Wildman–Crippen LogP) is 4.19. The third kappa shape index (κ3) is 9.61. The number of hydrogen-bond donors (Lipinski definition) is 2. The van der Waals surface area contributed by atoms with Gasteiger partial charge in [0.15, 0.2) is 0 Å². The second kappa shape index (κ2) is 14.3. The van der Waals surface area contributed by atoms with Gasteiger partial charge in [0.2, 0.25) is 0 Å². The minimum absolute atomic E-state index is 0.0347. The highest BCUT2D eigenvalue weighted by Gasteiger charge is 2.38. The van der Waals surface area contributed by atoms with Crippen LogP contribution in [0.4, 0.5) is 26.3 Å². The summed E-state index contributed by atoms with van der Waals surface area (Å²) in [6, 6.07) is 14.2. The van der Waals surface area contributed by atoms with Crippen molar-refractivity contribution in [1.29, 1.82) is 0 Å². The van der Waals surface area contributed by atoms with Crippen LogP contribution in [0.5, 0.6) is 0 Å². The highest BCUT2D eigenvalue weighted by Crippen LogP contribution is 2.24. The number of nitrogens with zero attached hydrogens (tertiary/aromatic N) is 5.